The second-order valence-corrected chi connectivity index (χ2v) is 13.0. The van der Waals surface area contributed by atoms with Gasteiger partial charge in [0.2, 0.25) is 5.69 Å². The van der Waals surface area contributed by atoms with E-state index in [-0.39, 0.29) is 10.8 Å². The number of hydrogen-bond donors (Lipinski definition) is 0. The first-order chi connectivity index (χ1) is 21.8. The summed E-state index contributed by atoms with van der Waals surface area (Å²) in [5.74, 6) is 0.895. The average molecular weight is 590 g/mol. The van der Waals surface area contributed by atoms with Crippen LogP contribution in [-0.4, -0.2) is 31.5 Å². The number of allylic oxidation sites excluding steroid dienone is 4. The van der Waals surface area contributed by atoms with Crippen LogP contribution in [0.4, 0.5) is 11.4 Å². The summed E-state index contributed by atoms with van der Waals surface area (Å²) < 4.78 is 8.02. The molecular formula is C42H41N2O+. The van der Waals surface area contributed by atoms with Gasteiger partial charge >= 0.3 is 0 Å². The second kappa shape index (κ2) is 11.2. The lowest BCUT2D eigenvalue weighted by Crippen LogP contribution is -2.39. The van der Waals surface area contributed by atoms with E-state index in [9.17, 15) is 0 Å². The largest absolute Gasteiger partial charge is 0.497 e. The molecule has 0 bridgehead atoms. The molecule has 7 rings (SSSR count). The van der Waals surface area contributed by atoms with Gasteiger partial charge in [-0.3, -0.25) is 0 Å². The maximum atomic E-state index is 5.58. The summed E-state index contributed by atoms with van der Waals surface area (Å²) in [4.78, 5) is 2.32. The van der Waals surface area contributed by atoms with E-state index in [1.165, 1.54) is 55.8 Å². The number of rotatable bonds is 7. The zero-order valence-corrected chi connectivity index (χ0v) is 26.9. The summed E-state index contributed by atoms with van der Waals surface area (Å²) in [6.45, 7) is 4.61. The van der Waals surface area contributed by atoms with Gasteiger partial charge in [-0.05, 0) is 70.6 Å². The highest BCUT2D eigenvalue weighted by molar-refractivity contribution is 6.08. The fourth-order valence-corrected chi connectivity index (χ4v) is 7.87. The van der Waals surface area contributed by atoms with Crippen LogP contribution in [0.3, 0.4) is 0 Å². The Bertz CT molecular complexity index is 1940. The molecule has 2 aliphatic rings. The third-order valence-corrected chi connectivity index (χ3v) is 10.0. The Balaban J connectivity index is 1.40. The monoisotopic (exact) mass is 589 g/mol. The van der Waals surface area contributed by atoms with E-state index in [0.717, 1.165) is 18.6 Å². The molecule has 2 aliphatic heterocycles. The van der Waals surface area contributed by atoms with Gasteiger partial charge in [0.1, 0.15) is 12.8 Å². The minimum Gasteiger partial charge on any atom is -0.497 e. The van der Waals surface area contributed by atoms with Crippen LogP contribution in [0.25, 0.3) is 10.8 Å². The second-order valence-electron chi connectivity index (χ2n) is 13.0. The minimum absolute atomic E-state index is 0.153. The summed E-state index contributed by atoms with van der Waals surface area (Å²) in [5.41, 5.74) is 10.1. The number of fused-ring (bicyclic) bond motifs is 4. The highest BCUT2D eigenvalue weighted by Crippen LogP contribution is 2.49. The summed E-state index contributed by atoms with van der Waals surface area (Å²) in [5, 5.41) is 2.61. The SMILES string of the molecule is COc1ccc2c(c1)C(C)(C)/C(=C\C=C\C1=[N+](C)c3ccc4ccccc4c3C1(Cc1ccccc1)Cc1ccccc1)N2C. The number of methoxy groups -OCH3 is 1. The quantitative estimate of drug-likeness (QED) is 0.176. The van der Waals surface area contributed by atoms with Gasteiger partial charge in [0.25, 0.3) is 0 Å². The molecule has 0 atom stereocenters. The highest BCUT2D eigenvalue weighted by Gasteiger charge is 2.51. The highest BCUT2D eigenvalue weighted by atomic mass is 16.5. The topological polar surface area (TPSA) is 15.5 Å². The van der Waals surface area contributed by atoms with Crippen LogP contribution >= 0.6 is 0 Å². The molecule has 0 amide bonds. The van der Waals surface area contributed by atoms with E-state index < -0.39 is 0 Å². The van der Waals surface area contributed by atoms with Gasteiger partial charge < -0.3 is 9.64 Å². The van der Waals surface area contributed by atoms with Crippen LogP contribution in [-0.2, 0) is 23.7 Å². The van der Waals surface area contributed by atoms with Crippen molar-refractivity contribution in [1.29, 1.82) is 0 Å². The van der Waals surface area contributed by atoms with Crippen LogP contribution in [0, 0.1) is 0 Å². The molecule has 0 unspecified atom stereocenters. The lowest BCUT2D eigenvalue weighted by atomic mass is 9.67. The maximum Gasteiger partial charge on any atom is 0.210 e. The van der Waals surface area contributed by atoms with Gasteiger partial charge in [0.15, 0.2) is 5.71 Å². The first kappa shape index (κ1) is 28.9. The van der Waals surface area contributed by atoms with Crippen LogP contribution < -0.4 is 9.64 Å². The molecular weight excluding hydrogens is 548 g/mol. The van der Waals surface area contributed by atoms with Crippen molar-refractivity contribution in [2.75, 3.05) is 26.1 Å². The first-order valence-electron chi connectivity index (χ1n) is 15.9. The summed E-state index contributed by atoms with van der Waals surface area (Å²) in [6.07, 6.45) is 8.77. The predicted molar refractivity (Wildman–Crippen MR) is 188 cm³/mol. The van der Waals surface area contributed by atoms with Crippen LogP contribution in [0.5, 0.6) is 5.75 Å². The van der Waals surface area contributed by atoms with Gasteiger partial charge in [-0.15, -0.1) is 0 Å². The fourth-order valence-electron chi connectivity index (χ4n) is 7.87. The van der Waals surface area contributed by atoms with Crippen LogP contribution in [0.1, 0.15) is 36.1 Å². The number of nitrogens with zero attached hydrogens (tertiary/aromatic N) is 2. The van der Waals surface area contributed by atoms with Crippen molar-refractivity contribution in [3.63, 3.8) is 0 Å². The third-order valence-electron chi connectivity index (χ3n) is 10.0. The van der Waals surface area contributed by atoms with Crippen LogP contribution in [0.2, 0.25) is 0 Å². The molecule has 0 saturated heterocycles. The van der Waals surface area contributed by atoms with Gasteiger partial charge in [-0.1, -0.05) is 105 Å². The van der Waals surface area contributed by atoms with Crippen molar-refractivity contribution in [2.24, 2.45) is 0 Å². The fraction of sp³-hybridized carbons (Fsp3) is 0.214. The van der Waals surface area contributed by atoms with Crippen LogP contribution in [0.15, 0.2) is 139 Å². The number of benzene rings is 5. The Morgan fingerprint density at radius 2 is 1.42 bits per heavy atom. The predicted octanol–water partition coefficient (Wildman–Crippen LogP) is 9.17. The number of anilines is 1. The van der Waals surface area contributed by atoms with Crippen molar-refractivity contribution in [1.82, 2.24) is 0 Å². The maximum absolute atomic E-state index is 5.58. The Hall–Kier alpha value is -4.89. The first-order valence-corrected chi connectivity index (χ1v) is 15.9. The Morgan fingerprint density at radius 3 is 2.09 bits per heavy atom. The van der Waals surface area contributed by atoms with Crippen molar-refractivity contribution in [3.8, 4) is 5.75 Å². The molecule has 0 fully saturated rings. The number of ether oxygens (including phenoxy) is 1. The number of likely N-dealkylation sites (N-methyl/N-ethyl adjacent to an activating group) is 1. The summed E-state index contributed by atoms with van der Waals surface area (Å²) in [6, 6.07) is 41.9. The molecule has 0 spiro atoms. The molecule has 2 heterocycles. The molecule has 5 aromatic carbocycles. The standard InChI is InChI=1S/C42H41N2O/c1-41(2)35-27-33(45-5)24-26-36(35)43(3)38(41)21-14-22-39-42(28-30-15-8-6-9-16-30,29-31-17-10-7-11-18-31)40-34-20-13-12-19-32(34)23-25-37(40)44(39)4/h6-27H,28-29H2,1-5H3/q+1. The van der Waals surface area contributed by atoms with Gasteiger partial charge in [0, 0.05) is 41.6 Å². The Kier molecular flexibility index (Phi) is 7.20. The molecule has 3 nitrogen and oxygen atoms in total. The van der Waals surface area contributed by atoms with Gasteiger partial charge in [-0.25, -0.2) is 0 Å². The molecule has 0 N–H and O–H groups in total. The zero-order chi connectivity index (χ0) is 31.2. The van der Waals surface area contributed by atoms with E-state index >= 15 is 0 Å². The zero-order valence-electron chi connectivity index (χ0n) is 26.9. The van der Waals surface area contributed by atoms with E-state index in [2.05, 4.69) is 171 Å². The van der Waals surface area contributed by atoms with Crippen molar-refractivity contribution in [3.05, 3.63) is 161 Å². The minimum atomic E-state index is -0.268. The smallest absolute Gasteiger partial charge is 0.210 e. The molecule has 45 heavy (non-hydrogen) atoms. The summed E-state index contributed by atoms with van der Waals surface area (Å²) >= 11 is 0. The number of hydrogen-bond acceptors (Lipinski definition) is 2. The van der Waals surface area contributed by atoms with Crippen molar-refractivity contribution >= 4 is 27.9 Å². The van der Waals surface area contributed by atoms with E-state index in [1.54, 1.807) is 7.11 Å². The normalized spacial score (nSPS) is 17.4. The Morgan fingerprint density at radius 1 is 0.778 bits per heavy atom. The van der Waals surface area contributed by atoms with Crippen molar-refractivity contribution < 1.29 is 9.31 Å². The lowest BCUT2D eigenvalue weighted by Gasteiger charge is -2.29. The summed E-state index contributed by atoms with van der Waals surface area (Å²) in [7, 11) is 6.15. The van der Waals surface area contributed by atoms with E-state index in [4.69, 9.17) is 4.74 Å². The van der Waals surface area contributed by atoms with Crippen molar-refractivity contribution in [2.45, 2.75) is 37.5 Å². The molecule has 0 radical (unpaired) electrons. The molecule has 5 aromatic rings. The average Bonchev–Trinajstić information content (AvgIpc) is 3.40. The molecule has 0 aromatic heterocycles. The van der Waals surface area contributed by atoms with Gasteiger partial charge in [-0.2, -0.15) is 4.58 Å². The third kappa shape index (κ3) is 4.78. The molecule has 0 saturated carbocycles. The lowest BCUT2D eigenvalue weighted by molar-refractivity contribution is -0.401. The molecule has 3 heteroatoms. The Labute approximate surface area is 267 Å². The van der Waals surface area contributed by atoms with Gasteiger partial charge in [0.05, 0.1) is 12.5 Å². The van der Waals surface area contributed by atoms with E-state index in [1.807, 2.05) is 0 Å². The molecule has 0 aliphatic carbocycles. The van der Waals surface area contributed by atoms with E-state index in [0.29, 0.717) is 0 Å². The molecule has 224 valence electrons.